The zero-order valence-electron chi connectivity index (χ0n) is 11.9. The lowest BCUT2D eigenvalue weighted by atomic mass is 10.0. The van der Waals surface area contributed by atoms with Crippen LogP contribution in [0.2, 0.25) is 5.02 Å². The fourth-order valence-electron chi connectivity index (χ4n) is 2.08. The number of amides is 1. The van der Waals surface area contributed by atoms with Crippen LogP contribution in [-0.4, -0.2) is 27.4 Å². The Bertz CT molecular complexity index is 690. The van der Waals surface area contributed by atoms with Crippen molar-refractivity contribution in [1.82, 2.24) is 10.0 Å². The van der Waals surface area contributed by atoms with Gasteiger partial charge < -0.3 is 5.32 Å². The van der Waals surface area contributed by atoms with Gasteiger partial charge in [-0.15, -0.1) is 0 Å². The van der Waals surface area contributed by atoms with E-state index in [4.69, 9.17) is 11.6 Å². The minimum Gasteiger partial charge on any atom is -0.355 e. The van der Waals surface area contributed by atoms with Gasteiger partial charge in [-0.05, 0) is 43.5 Å². The SMILES string of the molecule is O=C1NCCCCC1C#CCNS(=O)(=O)c1ccc(Cl)cc1. The molecule has 22 heavy (non-hydrogen) atoms. The molecule has 0 saturated carbocycles. The van der Waals surface area contributed by atoms with Crippen molar-refractivity contribution in [3.63, 3.8) is 0 Å². The summed E-state index contributed by atoms with van der Waals surface area (Å²) >= 11 is 5.73. The second-order valence-corrected chi connectivity index (χ2v) is 7.14. The number of hydrogen-bond donors (Lipinski definition) is 2. The lowest BCUT2D eigenvalue weighted by molar-refractivity contribution is -0.123. The number of sulfonamides is 1. The molecular formula is C15H17ClN2O3S. The van der Waals surface area contributed by atoms with Crippen LogP contribution in [0, 0.1) is 17.8 Å². The maximum absolute atomic E-state index is 12.0. The Balaban J connectivity index is 1.94. The van der Waals surface area contributed by atoms with Crippen LogP contribution in [0.25, 0.3) is 0 Å². The molecule has 1 aliphatic heterocycles. The van der Waals surface area contributed by atoms with Crippen molar-refractivity contribution in [1.29, 1.82) is 0 Å². The summed E-state index contributed by atoms with van der Waals surface area (Å²) in [6.45, 7) is 0.648. The third-order valence-corrected chi connectivity index (χ3v) is 4.96. The summed E-state index contributed by atoms with van der Waals surface area (Å²) in [6, 6.07) is 5.88. The number of hydrogen-bond acceptors (Lipinski definition) is 3. The predicted octanol–water partition coefficient (Wildman–Crippen LogP) is 1.54. The van der Waals surface area contributed by atoms with Crippen molar-refractivity contribution in [2.75, 3.05) is 13.1 Å². The van der Waals surface area contributed by atoms with Gasteiger partial charge in [-0.2, -0.15) is 4.72 Å². The first-order valence-electron chi connectivity index (χ1n) is 7.00. The third kappa shape index (κ3) is 4.73. The molecule has 0 aromatic heterocycles. The molecule has 1 atom stereocenters. The number of benzene rings is 1. The fraction of sp³-hybridized carbons (Fsp3) is 0.400. The summed E-state index contributed by atoms with van der Waals surface area (Å²) in [5.74, 6) is 5.12. The highest BCUT2D eigenvalue weighted by molar-refractivity contribution is 7.89. The zero-order chi connectivity index (χ0) is 16.0. The van der Waals surface area contributed by atoms with E-state index in [9.17, 15) is 13.2 Å². The fourth-order valence-corrected chi connectivity index (χ4v) is 3.13. The molecule has 1 unspecified atom stereocenters. The minimum absolute atomic E-state index is 0.0330. The summed E-state index contributed by atoms with van der Waals surface area (Å²) in [5.41, 5.74) is 0. The zero-order valence-corrected chi connectivity index (χ0v) is 13.5. The monoisotopic (exact) mass is 340 g/mol. The molecule has 2 N–H and O–H groups in total. The van der Waals surface area contributed by atoms with E-state index in [0.717, 1.165) is 12.8 Å². The second-order valence-electron chi connectivity index (χ2n) is 4.94. The van der Waals surface area contributed by atoms with Crippen molar-refractivity contribution in [2.45, 2.75) is 24.2 Å². The van der Waals surface area contributed by atoms with Crippen molar-refractivity contribution >= 4 is 27.5 Å². The quantitative estimate of drug-likeness (QED) is 0.819. The molecule has 118 valence electrons. The third-order valence-electron chi connectivity index (χ3n) is 3.29. The number of carbonyl (C=O) groups excluding carboxylic acids is 1. The van der Waals surface area contributed by atoms with Gasteiger partial charge in [0.05, 0.1) is 17.4 Å². The normalized spacial score (nSPS) is 18.8. The topological polar surface area (TPSA) is 75.3 Å². The Morgan fingerprint density at radius 2 is 2.00 bits per heavy atom. The molecule has 1 fully saturated rings. The van der Waals surface area contributed by atoms with Gasteiger partial charge in [-0.1, -0.05) is 23.4 Å². The van der Waals surface area contributed by atoms with Gasteiger partial charge in [-0.3, -0.25) is 4.79 Å². The number of halogens is 1. The highest BCUT2D eigenvalue weighted by Gasteiger charge is 2.18. The highest BCUT2D eigenvalue weighted by Crippen LogP contribution is 2.14. The van der Waals surface area contributed by atoms with E-state index in [2.05, 4.69) is 21.9 Å². The first-order valence-corrected chi connectivity index (χ1v) is 8.86. The van der Waals surface area contributed by atoms with Gasteiger partial charge in [0.2, 0.25) is 15.9 Å². The molecule has 0 aliphatic carbocycles. The summed E-state index contributed by atoms with van der Waals surface area (Å²) in [7, 11) is -3.61. The smallest absolute Gasteiger partial charge is 0.241 e. The van der Waals surface area contributed by atoms with Crippen molar-refractivity contribution in [2.24, 2.45) is 5.92 Å². The largest absolute Gasteiger partial charge is 0.355 e. The second kappa shape index (κ2) is 7.63. The first-order chi connectivity index (χ1) is 10.5. The summed E-state index contributed by atoms with van der Waals surface area (Å²) in [5, 5.41) is 3.26. The predicted molar refractivity (Wildman–Crippen MR) is 84.8 cm³/mol. The summed E-state index contributed by atoms with van der Waals surface area (Å²) in [4.78, 5) is 11.8. The van der Waals surface area contributed by atoms with Gasteiger partial charge in [0.1, 0.15) is 0 Å². The Kier molecular flexibility index (Phi) is 5.83. The Hall–Kier alpha value is -1.55. The molecule has 1 aliphatic rings. The van der Waals surface area contributed by atoms with Crippen LogP contribution in [0.15, 0.2) is 29.2 Å². The van der Waals surface area contributed by atoms with Crippen LogP contribution in [0.1, 0.15) is 19.3 Å². The van der Waals surface area contributed by atoms with Crippen molar-refractivity contribution in [3.8, 4) is 11.8 Å². The molecule has 2 rings (SSSR count). The van der Waals surface area contributed by atoms with Crippen LogP contribution >= 0.6 is 11.6 Å². The number of carbonyl (C=O) groups is 1. The van der Waals surface area contributed by atoms with E-state index in [1.165, 1.54) is 24.3 Å². The average molecular weight is 341 g/mol. The van der Waals surface area contributed by atoms with Gasteiger partial charge in [0.15, 0.2) is 0 Å². The Morgan fingerprint density at radius 3 is 2.73 bits per heavy atom. The molecule has 7 heteroatoms. The average Bonchev–Trinajstić information content (AvgIpc) is 2.69. The molecule has 0 radical (unpaired) electrons. The maximum Gasteiger partial charge on any atom is 0.241 e. The van der Waals surface area contributed by atoms with Crippen LogP contribution in [-0.2, 0) is 14.8 Å². The van der Waals surface area contributed by atoms with Crippen molar-refractivity contribution < 1.29 is 13.2 Å². The lowest BCUT2D eigenvalue weighted by Crippen LogP contribution is -2.28. The van der Waals surface area contributed by atoms with Crippen LogP contribution < -0.4 is 10.0 Å². The van der Waals surface area contributed by atoms with Gasteiger partial charge >= 0.3 is 0 Å². The van der Waals surface area contributed by atoms with E-state index in [-0.39, 0.29) is 23.3 Å². The van der Waals surface area contributed by atoms with Gasteiger partial charge in [0.25, 0.3) is 0 Å². The molecular weight excluding hydrogens is 324 g/mol. The summed E-state index contributed by atoms with van der Waals surface area (Å²) < 4.78 is 26.4. The molecule has 1 amide bonds. The lowest BCUT2D eigenvalue weighted by Gasteiger charge is -2.05. The molecule has 0 bridgehead atoms. The van der Waals surface area contributed by atoms with E-state index in [0.29, 0.717) is 18.0 Å². The molecule has 1 aromatic rings. The highest BCUT2D eigenvalue weighted by atomic mass is 35.5. The molecule has 1 heterocycles. The molecule has 1 aromatic carbocycles. The maximum atomic E-state index is 12.0. The minimum atomic E-state index is -3.61. The molecule has 0 spiro atoms. The van der Waals surface area contributed by atoms with Crippen molar-refractivity contribution in [3.05, 3.63) is 29.3 Å². The number of rotatable bonds is 3. The van der Waals surface area contributed by atoms with Crippen LogP contribution in [0.3, 0.4) is 0 Å². The van der Waals surface area contributed by atoms with E-state index in [1.807, 2.05) is 0 Å². The van der Waals surface area contributed by atoms with E-state index >= 15 is 0 Å². The molecule has 1 saturated heterocycles. The van der Waals surface area contributed by atoms with E-state index < -0.39 is 10.0 Å². The van der Waals surface area contributed by atoms with Crippen LogP contribution in [0.5, 0.6) is 0 Å². The van der Waals surface area contributed by atoms with E-state index in [1.54, 1.807) is 0 Å². The first kappa shape index (κ1) is 16.8. The number of nitrogens with one attached hydrogen (secondary N) is 2. The Labute approximate surface area is 135 Å². The molecule has 5 nitrogen and oxygen atoms in total. The Morgan fingerprint density at radius 1 is 1.27 bits per heavy atom. The van der Waals surface area contributed by atoms with Gasteiger partial charge in [-0.25, -0.2) is 8.42 Å². The van der Waals surface area contributed by atoms with Gasteiger partial charge in [0, 0.05) is 11.6 Å². The summed E-state index contributed by atoms with van der Waals surface area (Å²) in [6.07, 6.45) is 2.60. The standard InChI is InChI=1S/C15H17ClN2O3S/c16-13-6-8-14(9-7-13)22(20,21)18-11-3-5-12-4-1-2-10-17-15(12)19/h6-9,12,18H,1-2,4,10-11H2,(H,17,19). The van der Waals surface area contributed by atoms with Crippen LogP contribution in [0.4, 0.5) is 0 Å².